The maximum atomic E-state index is 6.24. The summed E-state index contributed by atoms with van der Waals surface area (Å²) in [7, 11) is 1.98. The molecule has 4 aromatic rings. The van der Waals surface area contributed by atoms with Crippen molar-refractivity contribution in [3.8, 4) is 11.4 Å². The predicted molar refractivity (Wildman–Crippen MR) is 104 cm³/mol. The first kappa shape index (κ1) is 16.5. The molecule has 0 saturated heterocycles. The Balaban J connectivity index is 1.61. The molecule has 0 bridgehead atoms. The number of thioether (sulfide) groups is 1. The SMILES string of the molecule is Cn1c(SCc2ccc(Cl)cc2Cl)nnc1-c1c[nH]c2ccccc12. The second kappa shape index (κ2) is 6.75. The van der Waals surface area contributed by atoms with E-state index in [-0.39, 0.29) is 0 Å². The van der Waals surface area contributed by atoms with Crippen LogP contribution in [-0.2, 0) is 12.8 Å². The van der Waals surface area contributed by atoms with Gasteiger partial charge < -0.3 is 9.55 Å². The van der Waals surface area contributed by atoms with Crippen molar-refractivity contribution in [1.29, 1.82) is 0 Å². The van der Waals surface area contributed by atoms with Crippen LogP contribution in [-0.4, -0.2) is 19.7 Å². The first-order valence-electron chi connectivity index (χ1n) is 7.66. The monoisotopic (exact) mass is 388 g/mol. The van der Waals surface area contributed by atoms with Gasteiger partial charge in [-0.1, -0.05) is 59.2 Å². The van der Waals surface area contributed by atoms with E-state index in [1.54, 1.807) is 17.8 Å². The summed E-state index contributed by atoms with van der Waals surface area (Å²) in [4.78, 5) is 3.28. The fourth-order valence-corrected chi connectivity index (χ4v) is 4.18. The number of nitrogens with zero attached hydrogens (tertiary/aromatic N) is 3. The first-order chi connectivity index (χ1) is 12.1. The maximum Gasteiger partial charge on any atom is 0.191 e. The lowest BCUT2D eigenvalue weighted by atomic mass is 10.1. The number of benzene rings is 2. The van der Waals surface area contributed by atoms with E-state index in [1.807, 2.05) is 48.1 Å². The molecule has 2 heterocycles. The molecule has 0 amide bonds. The van der Waals surface area contributed by atoms with Gasteiger partial charge in [0.2, 0.25) is 0 Å². The van der Waals surface area contributed by atoms with Crippen molar-refractivity contribution >= 4 is 45.9 Å². The summed E-state index contributed by atoms with van der Waals surface area (Å²) in [5.41, 5.74) is 3.15. The Hall–Kier alpha value is -1.95. The van der Waals surface area contributed by atoms with Crippen molar-refractivity contribution in [2.75, 3.05) is 0 Å². The largest absolute Gasteiger partial charge is 0.360 e. The number of halogens is 2. The highest BCUT2D eigenvalue weighted by molar-refractivity contribution is 7.98. The van der Waals surface area contributed by atoms with Crippen LogP contribution in [0.5, 0.6) is 0 Å². The highest BCUT2D eigenvalue weighted by Crippen LogP contribution is 2.31. The average molecular weight is 389 g/mol. The maximum absolute atomic E-state index is 6.24. The number of aromatic amines is 1. The summed E-state index contributed by atoms with van der Waals surface area (Å²) in [5.74, 6) is 1.54. The third kappa shape index (κ3) is 3.15. The van der Waals surface area contributed by atoms with Crippen LogP contribution in [0.1, 0.15) is 5.56 Å². The minimum Gasteiger partial charge on any atom is -0.360 e. The van der Waals surface area contributed by atoms with Gasteiger partial charge in [-0.3, -0.25) is 0 Å². The zero-order valence-corrected chi connectivity index (χ0v) is 15.7. The van der Waals surface area contributed by atoms with Gasteiger partial charge in [-0.05, 0) is 23.8 Å². The molecule has 0 unspecified atom stereocenters. The molecule has 0 radical (unpaired) electrons. The summed E-state index contributed by atoms with van der Waals surface area (Å²) in [5, 5.41) is 12.0. The highest BCUT2D eigenvalue weighted by Gasteiger charge is 2.15. The van der Waals surface area contributed by atoms with E-state index < -0.39 is 0 Å². The quantitative estimate of drug-likeness (QED) is 0.465. The molecule has 4 rings (SSSR count). The number of hydrogen-bond donors (Lipinski definition) is 1. The molecular formula is C18H14Cl2N4S. The molecule has 4 nitrogen and oxygen atoms in total. The third-order valence-electron chi connectivity index (χ3n) is 4.04. The Bertz CT molecular complexity index is 1050. The second-order valence-electron chi connectivity index (χ2n) is 5.64. The van der Waals surface area contributed by atoms with Gasteiger partial charge in [-0.25, -0.2) is 0 Å². The molecule has 2 aromatic heterocycles. The van der Waals surface area contributed by atoms with Crippen molar-refractivity contribution in [1.82, 2.24) is 19.7 Å². The number of aromatic nitrogens is 4. The Morgan fingerprint density at radius 1 is 1.12 bits per heavy atom. The molecule has 1 N–H and O–H groups in total. The van der Waals surface area contributed by atoms with Crippen LogP contribution in [0.3, 0.4) is 0 Å². The topological polar surface area (TPSA) is 46.5 Å². The fourth-order valence-electron chi connectivity index (χ4n) is 2.71. The van der Waals surface area contributed by atoms with Gasteiger partial charge in [0.15, 0.2) is 11.0 Å². The van der Waals surface area contributed by atoms with Crippen molar-refractivity contribution < 1.29 is 0 Å². The Kier molecular flexibility index (Phi) is 4.46. The smallest absolute Gasteiger partial charge is 0.191 e. The minimum absolute atomic E-state index is 0.638. The van der Waals surface area contributed by atoms with E-state index in [0.717, 1.165) is 33.0 Å². The highest BCUT2D eigenvalue weighted by atomic mass is 35.5. The van der Waals surface area contributed by atoms with Crippen LogP contribution in [0.2, 0.25) is 10.0 Å². The molecule has 0 saturated carbocycles. The number of nitrogens with one attached hydrogen (secondary N) is 1. The molecule has 0 aliphatic heterocycles. The second-order valence-corrected chi connectivity index (χ2v) is 7.42. The third-order valence-corrected chi connectivity index (χ3v) is 5.69. The Labute approximate surface area is 159 Å². The molecule has 0 aliphatic carbocycles. The summed E-state index contributed by atoms with van der Waals surface area (Å²) in [6, 6.07) is 13.7. The molecule has 7 heteroatoms. The molecule has 0 aliphatic rings. The van der Waals surface area contributed by atoms with E-state index in [9.17, 15) is 0 Å². The van der Waals surface area contributed by atoms with Crippen molar-refractivity contribution in [3.05, 3.63) is 64.3 Å². The van der Waals surface area contributed by atoms with Crippen LogP contribution in [0.15, 0.2) is 53.8 Å². The van der Waals surface area contributed by atoms with E-state index in [4.69, 9.17) is 23.2 Å². The van der Waals surface area contributed by atoms with Crippen molar-refractivity contribution in [3.63, 3.8) is 0 Å². The van der Waals surface area contributed by atoms with E-state index in [0.29, 0.717) is 15.8 Å². The van der Waals surface area contributed by atoms with E-state index in [1.165, 1.54) is 0 Å². The zero-order chi connectivity index (χ0) is 17.4. The van der Waals surface area contributed by atoms with Crippen LogP contribution in [0.25, 0.3) is 22.3 Å². The van der Waals surface area contributed by atoms with Crippen LogP contribution >= 0.6 is 35.0 Å². The average Bonchev–Trinajstić information content (AvgIpc) is 3.18. The lowest BCUT2D eigenvalue weighted by molar-refractivity contribution is 0.794. The van der Waals surface area contributed by atoms with Crippen LogP contribution in [0, 0.1) is 0 Å². The predicted octanol–water partition coefficient (Wildman–Crippen LogP) is 5.56. The van der Waals surface area contributed by atoms with Crippen molar-refractivity contribution in [2.24, 2.45) is 7.05 Å². The van der Waals surface area contributed by atoms with Gasteiger partial charge in [-0.15, -0.1) is 10.2 Å². The molecule has 126 valence electrons. The normalized spacial score (nSPS) is 11.3. The summed E-state index contributed by atoms with van der Waals surface area (Å²) in [6.07, 6.45) is 1.97. The summed E-state index contributed by atoms with van der Waals surface area (Å²) < 4.78 is 2.00. The molecule has 0 fully saturated rings. The van der Waals surface area contributed by atoms with Gasteiger partial charge in [0.05, 0.1) is 0 Å². The Morgan fingerprint density at radius 2 is 1.96 bits per heavy atom. The van der Waals surface area contributed by atoms with Crippen LogP contribution in [0.4, 0.5) is 0 Å². The van der Waals surface area contributed by atoms with Gasteiger partial charge in [-0.2, -0.15) is 0 Å². The number of fused-ring (bicyclic) bond motifs is 1. The van der Waals surface area contributed by atoms with E-state index in [2.05, 4.69) is 21.2 Å². The van der Waals surface area contributed by atoms with Gasteiger partial charge >= 0.3 is 0 Å². The fraction of sp³-hybridized carbons (Fsp3) is 0.111. The molecular weight excluding hydrogens is 375 g/mol. The van der Waals surface area contributed by atoms with Crippen molar-refractivity contribution in [2.45, 2.75) is 10.9 Å². The number of rotatable bonds is 4. The van der Waals surface area contributed by atoms with Gasteiger partial charge in [0.1, 0.15) is 0 Å². The van der Waals surface area contributed by atoms with Gasteiger partial charge in [0, 0.05) is 45.5 Å². The lowest BCUT2D eigenvalue weighted by Crippen LogP contribution is -1.95. The summed E-state index contributed by atoms with van der Waals surface area (Å²) >= 11 is 13.8. The first-order valence-corrected chi connectivity index (χ1v) is 9.40. The number of hydrogen-bond acceptors (Lipinski definition) is 3. The molecule has 25 heavy (non-hydrogen) atoms. The summed E-state index contributed by atoms with van der Waals surface area (Å²) in [6.45, 7) is 0. The Morgan fingerprint density at radius 3 is 2.80 bits per heavy atom. The van der Waals surface area contributed by atoms with Crippen LogP contribution < -0.4 is 0 Å². The number of para-hydroxylation sites is 1. The molecule has 2 aromatic carbocycles. The zero-order valence-electron chi connectivity index (χ0n) is 13.3. The number of H-pyrrole nitrogens is 1. The molecule has 0 spiro atoms. The standard InChI is InChI=1S/C18H14Cl2N4S/c1-24-17(14-9-21-16-5-3-2-4-13(14)16)22-23-18(24)25-10-11-6-7-12(19)8-15(11)20/h2-9,21H,10H2,1H3. The minimum atomic E-state index is 0.638. The van der Waals surface area contributed by atoms with Gasteiger partial charge in [0.25, 0.3) is 0 Å². The van der Waals surface area contributed by atoms with E-state index >= 15 is 0 Å². The molecule has 0 atom stereocenters. The lowest BCUT2D eigenvalue weighted by Gasteiger charge is -2.05.